The smallest absolute Gasteiger partial charge is 0.125 e. The number of nitrogens with zero attached hydrogens (tertiary/aromatic N) is 1. The lowest BCUT2D eigenvalue weighted by Crippen LogP contribution is -2.16. The maximum absolute atomic E-state index is 5.39. The standard InChI is InChI=1S/C12H18BrNO/c1-8-6-11(14(4)7-13)9(2)10(3)12(8)15-5/h6H,7H2,1-5H3. The van der Waals surface area contributed by atoms with Gasteiger partial charge < -0.3 is 9.64 Å². The van der Waals surface area contributed by atoms with Gasteiger partial charge in [0.15, 0.2) is 0 Å². The predicted octanol–water partition coefficient (Wildman–Crippen LogP) is 3.41. The lowest BCUT2D eigenvalue weighted by molar-refractivity contribution is 0.408. The summed E-state index contributed by atoms with van der Waals surface area (Å²) in [7, 11) is 3.80. The zero-order valence-electron chi connectivity index (χ0n) is 10.0. The van der Waals surface area contributed by atoms with Gasteiger partial charge in [-0.3, -0.25) is 0 Å². The molecule has 0 aliphatic rings. The van der Waals surface area contributed by atoms with Gasteiger partial charge in [-0.05, 0) is 43.5 Å². The molecule has 0 spiro atoms. The second-order valence-electron chi connectivity index (χ2n) is 3.81. The van der Waals surface area contributed by atoms with Crippen LogP contribution in [0.15, 0.2) is 6.07 Å². The van der Waals surface area contributed by atoms with Crippen molar-refractivity contribution in [3.63, 3.8) is 0 Å². The molecule has 1 aromatic rings. The number of alkyl halides is 1. The molecule has 1 aromatic carbocycles. The van der Waals surface area contributed by atoms with Crippen molar-refractivity contribution in [3.8, 4) is 5.75 Å². The van der Waals surface area contributed by atoms with Crippen molar-refractivity contribution in [2.24, 2.45) is 0 Å². The normalized spacial score (nSPS) is 10.3. The van der Waals surface area contributed by atoms with Crippen LogP contribution in [0.5, 0.6) is 5.75 Å². The van der Waals surface area contributed by atoms with E-state index in [-0.39, 0.29) is 0 Å². The van der Waals surface area contributed by atoms with Crippen LogP contribution in [0.25, 0.3) is 0 Å². The number of hydrogen-bond acceptors (Lipinski definition) is 2. The largest absolute Gasteiger partial charge is 0.496 e. The molecule has 0 aliphatic carbocycles. The molecule has 3 heteroatoms. The van der Waals surface area contributed by atoms with Crippen LogP contribution in [0.3, 0.4) is 0 Å². The van der Waals surface area contributed by atoms with Crippen LogP contribution in [-0.2, 0) is 0 Å². The van der Waals surface area contributed by atoms with E-state index in [4.69, 9.17) is 4.74 Å². The Morgan fingerprint density at radius 1 is 1.27 bits per heavy atom. The first-order chi connectivity index (χ1) is 7.02. The van der Waals surface area contributed by atoms with Gasteiger partial charge in [0.2, 0.25) is 0 Å². The third-order valence-electron chi connectivity index (χ3n) is 2.79. The summed E-state index contributed by atoms with van der Waals surface area (Å²) >= 11 is 3.47. The van der Waals surface area contributed by atoms with E-state index in [1.54, 1.807) is 7.11 Å². The van der Waals surface area contributed by atoms with Crippen LogP contribution in [0, 0.1) is 20.8 Å². The number of methoxy groups -OCH3 is 1. The molecule has 0 bridgehead atoms. The molecule has 84 valence electrons. The zero-order valence-corrected chi connectivity index (χ0v) is 11.6. The highest BCUT2D eigenvalue weighted by Crippen LogP contribution is 2.33. The Hall–Kier alpha value is -0.700. The van der Waals surface area contributed by atoms with Gasteiger partial charge in [-0.2, -0.15) is 0 Å². The zero-order chi connectivity index (χ0) is 11.6. The van der Waals surface area contributed by atoms with Crippen LogP contribution in [0.2, 0.25) is 0 Å². The van der Waals surface area contributed by atoms with Crippen molar-refractivity contribution in [2.75, 3.05) is 24.5 Å². The Bertz CT molecular complexity index is 363. The fourth-order valence-electron chi connectivity index (χ4n) is 1.81. The first-order valence-electron chi connectivity index (χ1n) is 4.94. The topological polar surface area (TPSA) is 12.5 Å². The summed E-state index contributed by atoms with van der Waals surface area (Å²) in [6.45, 7) is 6.31. The highest BCUT2D eigenvalue weighted by molar-refractivity contribution is 9.09. The molecule has 1 rings (SSSR count). The number of ether oxygens (including phenoxy) is 1. The van der Waals surface area contributed by atoms with Crippen molar-refractivity contribution in [2.45, 2.75) is 20.8 Å². The second kappa shape index (κ2) is 4.88. The van der Waals surface area contributed by atoms with E-state index in [0.29, 0.717) is 0 Å². The minimum atomic E-state index is 0.832. The SMILES string of the molecule is COc1c(C)cc(N(C)CBr)c(C)c1C. The molecule has 0 saturated carbocycles. The first-order valence-corrected chi connectivity index (χ1v) is 6.07. The molecular formula is C12H18BrNO. The monoisotopic (exact) mass is 271 g/mol. The summed E-state index contributed by atoms with van der Waals surface area (Å²) in [5.74, 6) is 0.999. The quantitative estimate of drug-likeness (QED) is 0.617. The molecule has 0 radical (unpaired) electrons. The number of aryl methyl sites for hydroxylation is 1. The van der Waals surface area contributed by atoms with Crippen LogP contribution in [-0.4, -0.2) is 19.6 Å². The fraction of sp³-hybridized carbons (Fsp3) is 0.500. The summed E-state index contributed by atoms with van der Waals surface area (Å²) in [5, 5.41) is 0. The first kappa shape index (κ1) is 12.4. The second-order valence-corrected chi connectivity index (χ2v) is 4.31. The van der Waals surface area contributed by atoms with E-state index >= 15 is 0 Å². The van der Waals surface area contributed by atoms with Crippen LogP contribution < -0.4 is 9.64 Å². The highest BCUT2D eigenvalue weighted by atomic mass is 79.9. The summed E-state index contributed by atoms with van der Waals surface area (Å²) in [4.78, 5) is 2.18. The fourth-order valence-corrected chi connectivity index (χ4v) is 2.08. The third kappa shape index (κ3) is 2.28. The van der Waals surface area contributed by atoms with Gasteiger partial charge in [0.25, 0.3) is 0 Å². The molecule has 0 heterocycles. The van der Waals surface area contributed by atoms with Gasteiger partial charge >= 0.3 is 0 Å². The Morgan fingerprint density at radius 2 is 1.87 bits per heavy atom. The van der Waals surface area contributed by atoms with Crippen molar-refractivity contribution in [3.05, 3.63) is 22.8 Å². The molecule has 0 saturated heterocycles. The Morgan fingerprint density at radius 3 is 2.33 bits per heavy atom. The average molecular weight is 272 g/mol. The lowest BCUT2D eigenvalue weighted by Gasteiger charge is -2.22. The molecule has 0 unspecified atom stereocenters. The van der Waals surface area contributed by atoms with Crippen molar-refractivity contribution in [1.29, 1.82) is 0 Å². The van der Waals surface area contributed by atoms with Gasteiger partial charge in [0.1, 0.15) is 5.75 Å². The van der Waals surface area contributed by atoms with Crippen molar-refractivity contribution >= 4 is 21.6 Å². The van der Waals surface area contributed by atoms with E-state index < -0.39 is 0 Å². The number of halogens is 1. The molecule has 15 heavy (non-hydrogen) atoms. The average Bonchev–Trinajstić information content (AvgIpc) is 2.23. The Labute approximate surface area is 100 Å². The maximum atomic E-state index is 5.39. The molecule has 0 fully saturated rings. The third-order valence-corrected chi connectivity index (χ3v) is 3.55. The lowest BCUT2D eigenvalue weighted by atomic mass is 10.0. The summed E-state index contributed by atoms with van der Waals surface area (Å²) < 4.78 is 5.39. The molecule has 2 nitrogen and oxygen atoms in total. The molecule has 0 atom stereocenters. The maximum Gasteiger partial charge on any atom is 0.125 e. The molecule has 0 aliphatic heterocycles. The molecular weight excluding hydrogens is 254 g/mol. The van der Waals surface area contributed by atoms with Gasteiger partial charge in [0, 0.05) is 12.7 Å². The number of benzene rings is 1. The van der Waals surface area contributed by atoms with E-state index in [1.165, 1.54) is 22.4 Å². The number of anilines is 1. The molecule has 0 N–H and O–H groups in total. The minimum Gasteiger partial charge on any atom is -0.496 e. The summed E-state index contributed by atoms with van der Waals surface area (Å²) in [5.41, 5.74) is 5.77. The number of rotatable bonds is 3. The van der Waals surface area contributed by atoms with E-state index in [9.17, 15) is 0 Å². The Kier molecular flexibility index (Phi) is 4.03. The Balaban J connectivity index is 3.33. The molecule has 0 aromatic heterocycles. The summed E-state index contributed by atoms with van der Waals surface area (Å²) in [6.07, 6.45) is 0. The van der Waals surface area contributed by atoms with Gasteiger partial charge in [-0.15, -0.1) is 0 Å². The van der Waals surface area contributed by atoms with Crippen LogP contribution >= 0.6 is 15.9 Å². The van der Waals surface area contributed by atoms with E-state index in [2.05, 4.69) is 54.7 Å². The predicted molar refractivity (Wildman–Crippen MR) is 69.4 cm³/mol. The van der Waals surface area contributed by atoms with Gasteiger partial charge in [-0.1, -0.05) is 15.9 Å². The van der Waals surface area contributed by atoms with Crippen LogP contribution in [0.1, 0.15) is 16.7 Å². The van der Waals surface area contributed by atoms with Crippen LogP contribution in [0.4, 0.5) is 5.69 Å². The van der Waals surface area contributed by atoms with Crippen molar-refractivity contribution in [1.82, 2.24) is 0 Å². The van der Waals surface area contributed by atoms with E-state index in [1.807, 2.05) is 0 Å². The minimum absolute atomic E-state index is 0.832. The van der Waals surface area contributed by atoms with E-state index in [0.717, 1.165) is 11.2 Å². The van der Waals surface area contributed by atoms with Gasteiger partial charge in [-0.25, -0.2) is 0 Å². The highest BCUT2D eigenvalue weighted by Gasteiger charge is 2.12. The molecule has 0 amide bonds. The van der Waals surface area contributed by atoms with Gasteiger partial charge in [0.05, 0.1) is 12.6 Å². The van der Waals surface area contributed by atoms with Crippen molar-refractivity contribution < 1.29 is 4.74 Å². The summed E-state index contributed by atoms with van der Waals surface area (Å²) in [6, 6.07) is 2.17. The number of hydrogen-bond donors (Lipinski definition) is 0.